The Bertz CT molecular complexity index is 195. The normalized spacial score (nSPS) is 28.9. The van der Waals surface area contributed by atoms with Gasteiger partial charge in [-0.1, -0.05) is 39.5 Å². The van der Waals surface area contributed by atoms with E-state index in [1.165, 1.54) is 32.1 Å². The van der Waals surface area contributed by atoms with Crippen LogP contribution in [-0.4, -0.2) is 25.8 Å². The van der Waals surface area contributed by atoms with Crippen molar-refractivity contribution in [3.63, 3.8) is 0 Å². The Labute approximate surface area is 108 Å². The Morgan fingerprint density at radius 1 is 1.24 bits per heavy atom. The molecular weight excluding hydrogens is 210 g/mol. The summed E-state index contributed by atoms with van der Waals surface area (Å²) in [5.41, 5.74) is 0. The predicted octanol–water partition coefficient (Wildman–Crippen LogP) is 3.61. The van der Waals surface area contributed by atoms with Gasteiger partial charge in [-0.15, -0.1) is 0 Å². The molecule has 0 amide bonds. The van der Waals surface area contributed by atoms with E-state index in [1.807, 2.05) is 7.11 Å². The zero-order valence-electron chi connectivity index (χ0n) is 12.2. The molecule has 1 saturated carbocycles. The standard InChI is InChI=1S/C15H31NO/c1-5-13-9-7-8-10-14(13)15(16-6-2)11-12(3)17-4/h12-16H,5-11H2,1-4H3. The van der Waals surface area contributed by atoms with Crippen LogP contribution in [0.2, 0.25) is 0 Å². The van der Waals surface area contributed by atoms with Crippen molar-refractivity contribution >= 4 is 0 Å². The molecule has 1 N–H and O–H groups in total. The summed E-state index contributed by atoms with van der Waals surface area (Å²) in [4.78, 5) is 0. The van der Waals surface area contributed by atoms with Crippen molar-refractivity contribution in [2.75, 3.05) is 13.7 Å². The SMILES string of the molecule is CCNC(CC(C)OC)C1CCCCC1CC. The topological polar surface area (TPSA) is 21.3 Å². The van der Waals surface area contributed by atoms with Crippen LogP contribution in [0.5, 0.6) is 0 Å². The quantitative estimate of drug-likeness (QED) is 0.735. The van der Waals surface area contributed by atoms with E-state index in [0.29, 0.717) is 12.1 Å². The predicted molar refractivity (Wildman–Crippen MR) is 74.3 cm³/mol. The van der Waals surface area contributed by atoms with E-state index in [9.17, 15) is 0 Å². The Hall–Kier alpha value is -0.0800. The van der Waals surface area contributed by atoms with Gasteiger partial charge in [0.05, 0.1) is 6.10 Å². The first-order valence-corrected chi connectivity index (χ1v) is 7.49. The number of rotatable bonds is 7. The third kappa shape index (κ3) is 4.59. The van der Waals surface area contributed by atoms with Gasteiger partial charge in [0.25, 0.3) is 0 Å². The fraction of sp³-hybridized carbons (Fsp3) is 1.00. The van der Waals surface area contributed by atoms with E-state index in [2.05, 4.69) is 26.1 Å². The average Bonchev–Trinajstić information content (AvgIpc) is 2.38. The summed E-state index contributed by atoms with van der Waals surface area (Å²) < 4.78 is 5.45. The molecule has 0 aliphatic heterocycles. The maximum atomic E-state index is 5.45. The fourth-order valence-corrected chi connectivity index (χ4v) is 3.40. The molecule has 0 radical (unpaired) electrons. The molecule has 0 heterocycles. The molecule has 1 fully saturated rings. The summed E-state index contributed by atoms with van der Waals surface area (Å²) in [6, 6.07) is 0.653. The van der Waals surface area contributed by atoms with Gasteiger partial charge in [0.1, 0.15) is 0 Å². The first-order valence-electron chi connectivity index (χ1n) is 7.49. The molecule has 17 heavy (non-hydrogen) atoms. The molecule has 4 atom stereocenters. The van der Waals surface area contributed by atoms with Gasteiger partial charge >= 0.3 is 0 Å². The van der Waals surface area contributed by atoms with Crippen LogP contribution < -0.4 is 5.32 Å². The largest absolute Gasteiger partial charge is 0.382 e. The summed E-state index contributed by atoms with van der Waals surface area (Å²) in [5, 5.41) is 3.70. The first kappa shape index (κ1) is 15.0. The molecule has 0 spiro atoms. The lowest BCUT2D eigenvalue weighted by atomic mass is 9.73. The highest BCUT2D eigenvalue weighted by molar-refractivity contribution is 4.85. The smallest absolute Gasteiger partial charge is 0.0558 e. The summed E-state index contributed by atoms with van der Waals surface area (Å²) in [5.74, 6) is 1.79. The number of ether oxygens (including phenoxy) is 1. The average molecular weight is 241 g/mol. The van der Waals surface area contributed by atoms with E-state index >= 15 is 0 Å². The van der Waals surface area contributed by atoms with Crippen LogP contribution in [0, 0.1) is 11.8 Å². The van der Waals surface area contributed by atoms with Crippen LogP contribution in [0.25, 0.3) is 0 Å². The Morgan fingerprint density at radius 3 is 2.53 bits per heavy atom. The molecule has 1 aliphatic rings. The zero-order chi connectivity index (χ0) is 12.7. The molecule has 0 aromatic carbocycles. The summed E-state index contributed by atoms with van der Waals surface area (Å²) in [6.07, 6.45) is 8.58. The molecule has 0 bridgehead atoms. The van der Waals surface area contributed by atoms with Crippen LogP contribution in [0.15, 0.2) is 0 Å². The van der Waals surface area contributed by atoms with Crippen molar-refractivity contribution in [3.8, 4) is 0 Å². The van der Waals surface area contributed by atoms with Crippen molar-refractivity contribution in [2.24, 2.45) is 11.8 Å². The number of methoxy groups -OCH3 is 1. The third-order valence-electron chi connectivity index (χ3n) is 4.46. The molecule has 0 aromatic heterocycles. The van der Waals surface area contributed by atoms with Gasteiger partial charge in [0.2, 0.25) is 0 Å². The molecule has 1 rings (SSSR count). The Balaban J connectivity index is 2.59. The van der Waals surface area contributed by atoms with Crippen molar-refractivity contribution < 1.29 is 4.74 Å². The van der Waals surface area contributed by atoms with Gasteiger partial charge in [-0.2, -0.15) is 0 Å². The van der Waals surface area contributed by atoms with E-state index < -0.39 is 0 Å². The second kappa shape index (κ2) is 8.10. The number of hydrogen-bond donors (Lipinski definition) is 1. The lowest BCUT2D eigenvalue weighted by molar-refractivity contribution is 0.0757. The maximum absolute atomic E-state index is 5.45. The van der Waals surface area contributed by atoms with Crippen LogP contribution >= 0.6 is 0 Å². The van der Waals surface area contributed by atoms with E-state index in [1.54, 1.807) is 0 Å². The van der Waals surface area contributed by atoms with Gasteiger partial charge < -0.3 is 10.1 Å². The van der Waals surface area contributed by atoms with Crippen LogP contribution in [-0.2, 0) is 4.74 Å². The minimum Gasteiger partial charge on any atom is -0.382 e. The van der Waals surface area contributed by atoms with Crippen LogP contribution in [0.1, 0.15) is 59.3 Å². The molecular formula is C15H31NO. The summed E-state index contributed by atoms with van der Waals surface area (Å²) in [6.45, 7) is 7.84. The van der Waals surface area contributed by atoms with Gasteiger partial charge in [-0.25, -0.2) is 0 Å². The van der Waals surface area contributed by atoms with Gasteiger partial charge in [-0.3, -0.25) is 0 Å². The molecule has 0 saturated heterocycles. The van der Waals surface area contributed by atoms with Crippen molar-refractivity contribution in [1.29, 1.82) is 0 Å². The second-order valence-electron chi connectivity index (χ2n) is 5.56. The monoisotopic (exact) mass is 241 g/mol. The lowest BCUT2D eigenvalue weighted by Gasteiger charge is -2.38. The maximum Gasteiger partial charge on any atom is 0.0558 e. The van der Waals surface area contributed by atoms with Crippen LogP contribution in [0.3, 0.4) is 0 Å². The van der Waals surface area contributed by atoms with Crippen LogP contribution in [0.4, 0.5) is 0 Å². The van der Waals surface area contributed by atoms with Gasteiger partial charge in [-0.05, 0) is 38.1 Å². The molecule has 0 aromatic rings. The number of nitrogens with one attached hydrogen (secondary N) is 1. The van der Waals surface area contributed by atoms with Gasteiger partial charge in [0.15, 0.2) is 0 Å². The highest BCUT2D eigenvalue weighted by atomic mass is 16.5. The van der Waals surface area contributed by atoms with Gasteiger partial charge in [0, 0.05) is 13.2 Å². The fourth-order valence-electron chi connectivity index (χ4n) is 3.40. The Morgan fingerprint density at radius 2 is 1.94 bits per heavy atom. The molecule has 2 nitrogen and oxygen atoms in total. The lowest BCUT2D eigenvalue weighted by Crippen LogP contribution is -2.43. The van der Waals surface area contributed by atoms with Crippen molar-refractivity contribution in [3.05, 3.63) is 0 Å². The molecule has 102 valence electrons. The first-order chi connectivity index (χ1) is 8.22. The molecule has 1 aliphatic carbocycles. The van der Waals surface area contributed by atoms with E-state index in [-0.39, 0.29) is 0 Å². The summed E-state index contributed by atoms with van der Waals surface area (Å²) >= 11 is 0. The zero-order valence-corrected chi connectivity index (χ0v) is 12.2. The molecule has 2 heteroatoms. The van der Waals surface area contributed by atoms with E-state index in [4.69, 9.17) is 4.74 Å². The highest BCUT2D eigenvalue weighted by Gasteiger charge is 2.30. The summed E-state index contributed by atoms with van der Waals surface area (Å²) in [7, 11) is 1.83. The minimum absolute atomic E-state index is 0.374. The Kier molecular flexibility index (Phi) is 7.14. The van der Waals surface area contributed by atoms with E-state index in [0.717, 1.165) is 24.8 Å². The minimum atomic E-state index is 0.374. The van der Waals surface area contributed by atoms with Crippen molar-refractivity contribution in [1.82, 2.24) is 5.32 Å². The highest BCUT2D eigenvalue weighted by Crippen LogP contribution is 2.35. The second-order valence-corrected chi connectivity index (χ2v) is 5.56. The number of hydrogen-bond acceptors (Lipinski definition) is 2. The molecule has 4 unspecified atom stereocenters. The van der Waals surface area contributed by atoms with Crippen molar-refractivity contribution in [2.45, 2.75) is 71.4 Å². The third-order valence-corrected chi connectivity index (χ3v) is 4.46.